The van der Waals surface area contributed by atoms with Crippen molar-refractivity contribution in [2.45, 2.75) is 26.3 Å². The van der Waals surface area contributed by atoms with Gasteiger partial charge in [0, 0.05) is 27.3 Å². The van der Waals surface area contributed by atoms with Gasteiger partial charge in [-0.05, 0) is 13.8 Å². The molecule has 0 aromatic heterocycles. The summed E-state index contributed by atoms with van der Waals surface area (Å²) in [5.41, 5.74) is 5.34. The highest BCUT2D eigenvalue weighted by Gasteiger charge is 2.09. The Kier molecular flexibility index (Phi) is 3.51. The van der Waals surface area contributed by atoms with Crippen molar-refractivity contribution in [1.29, 1.82) is 0 Å². The van der Waals surface area contributed by atoms with Gasteiger partial charge >= 0.3 is 0 Å². The summed E-state index contributed by atoms with van der Waals surface area (Å²) in [7, 11) is -1.96. The molecule has 0 aromatic carbocycles. The summed E-state index contributed by atoms with van der Waals surface area (Å²) in [6.07, 6.45) is 1.67. The van der Waals surface area contributed by atoms with Crippen molar-refractivity contribution in [2.24, 2.45) is 10.1 Å². The second kappa shape index (κ2) is 3.54. The van der Waals surface area contributed by atoms with Gasteiger partial charge in [0.1, 0.15) is 0 Å². The van der Waals surface area contributed by atoms with Crippen LogP contribution >= 0.6 is 0 Å². The van der Waals surface area contributed by atoms with Crippen molar-refractivity contribution in [2.75, 3.05) is 18.6 Å². The molecule has 1 atom stereocenters. The van der Waals surface area contributed by atoms with E-state index in [4.69, 9.17) is 5.73 Å². The zero-order valence-electron chi connectivity index (χ0n) is 7.76. The second-order valence-electron chi connectivity index (χ2n) is 3.52. The van der Waals surface area contributed by atoms with Crippen LogP contribution in [0.4, 0.5) is 0 Å². The molecule has 0 heterocycles. The van der Waals surface area contributed by atoms with E-state index in [0.717, 1.165) is 0 Å². The van der Waals surface area contributed by atoms with Crippen LogP contribution in [0, 0.1) is 0 Å². The van der Waals surface area contributed by atoms with Crippen molar-refractivity contribution in [3.05, 3.63) is 0 Å². The van der Waals surface area contributed by atoms with E-state index in [-0.39, 0.29) is 5.54 Å². The number of nitrogens with two attached hydrogens (primary N) is 1. The molecule has 4 heteroatoms. The van der Waals surface area contributed by atoms with Crippen molar-refractivity contribution >= 4 is 9.73 Å². The average molecular weight is 178 g/mol. The van der Waals surface area contributed by atoms with Gasteiger partial charge in [0.05, 0.1) is 6.54 Å². The van der Waals surface area contributed by atoms with Crippen LogP contribution in [0.15, 0.2) is 4.36 Å². The lowest BCUT2D eigenvalue weighted by atomic mass is 10.1. The zero-order valence-corrected chi connectivity index (χ0v) is 8.57. The summed E-state index contributed by atoms with van der Waals surface area (Å²) in [6.45, 7) is 6.09. The minimum absolute atomic E-state index is 0.339. The van der Waals surface area contributed by atoms with E-state index in [1.54, 1.807) is 6.26 Å². The molecule has 0 amide bonds. The smallest absolute Gasteiger partial charge is 0.0658 e. The number of nitrogens with zero attached hydrogens (tertiary/aromatic N) is 1. The maximum Gasteiger partial charge on any atom is 0.0658 e. The third kappa shape index (κ3) is 6.31. The lowest BCUT2D eigenvalue weighted by Crippen LogP contribution is -2.35. The first-order valence-corrected chi connectivity index (χ1v) is 5.80. The molecular weight excluding hydrogens is 160 g/mol. The molecule has 1 unspecified atom stereocenters. The molecule has 68 valence electrons. The van der Waals surface area contributed by atoms with Gasteiger partial charge in [-0.15, -0.1) is 0 Å². The van der Waals surface area contributed by atoms with Crippen molar-refractivity contribution in [3.8, 4) is 0 Å². The van der Waals surface area contributed by atoms with Crippen molar-refractivity contribution in [3.63, 3.8) is 0 Å². The molecule has 0 aliphatic carbocycles. The number of rotatable bonds is 3. The molecule has 0 saturated heterocycles. The highest BCUT2D eigenvalue weighted by atomic mass is 32.2. The summed E-state index contributed by atoms with van der Waals surface area (Å²) in [6, 6.07) is 0. The molecular formula is C7H18N2OS. The lowest BCUT2D eigenvalue weighted by molar-refractivity contribution is 0.534. The van der Waals surface area contributed by atoms with Crippen LogP contribution in [-0.4, -0.2) is 28.3 Å². The van der Waals surface area contributed by atoms with Crippen LogP contribution in [0.1, 0.15) is 20.8 Å². The Morgan fingerprint density at radius 1 is 1.55 bits per heavy atom. The first-order chi connectivity index (χ1) is 4.77. The summed E-state index contributed by atoms with van der Waals surface area (Å²) in [5.74, 6) is 0.600. The Morgan fingerprint density at radius 2 is 2.00 bits per heavy atom. The maximum atomic E-state index is 11.4. The normalized spacial score (nSPS) is 17.5. The standard InChI is InChI=1S/C7H18N2OS/c1-5-11(4,10)9-6-7(2,3)8/h5-6,8H2,1-4H3. The first-order valence-electron chi connectivity index (χ1n) is 3.71. The quantitative estimate of drug-likeness (QED) is 0.696. The Morgan fingerprint density at radius 3 is 2.27 bits per heavy atom. The van der Waals surface area contributed by atoms with Crippen LogP contribution < -0.4 is 5.73 Å². The molecule has 0 aliphatic rings. The van der Waals surface area contributed by atoms with Crippen LogP contribution in [-0.2, 0) is 9.73 Å². The van der Waals surface area contributed by atoms with Crippen LogP contribution in [0.5, 0.6) is 0 Å². The minimum atomic E-state index is -1.96. The van der Waals surface area contributed by atoms with Crippen LogP contribution in [0.25, 0.3) is 0 Å². The first kappa shape index (κ1) is 10.9. The maximum absolute atomic E-state index is 11.4. The third-order valence-corrected chi connectivity index (χ3v) is 3.03. The van der Waals surface area contributed by atoms with E-state index in [2.05, 4.69) is 4.36 Å². The molecule has 0 aliphatic heterocycles. The van der Waals surface area contributed by atoms with E-state index in [9.17, 15) is 4.21 Å². The molecule has 11 heavy (non-hydrogen) atoms. The Balaban J connectivity index is 4.26. The highest BCUT2D eigenvalue weighted by Crippen LogP contribution is 1.99. The minimum Gasteiger partial charge on any atom is -0.324 e. The summed E-state index contributed by atoms with van der Waals surface area (Å²) < 4.78 is 15.4. The van der Waals surface area contributed by atoms with Gasteiger partial charge in [-0.2, -0.15) is 0 Å². The van der Waals surface area contributed by atoms with Gasteiger partial charge in [0.15, 0.2) is 0 Å². The van der Waals surface area contributed by atoms with Crippen LogP contribution in [0.2, 0.25) is 0 Å². The molecule has 0 aromatic rings. The molecule has 0 rings (SSSR count). The van der Waals surface area contributed by atoms with Gasteiger partial charge in [0.25, 0.3) is 0 Å². The van der Waals surface area contributed by atoms with E-state index >= 15 is 0 Å². The third-order valence-electron chi connectivity index (χ3n) is 1.28. The van der Waals surface area contributed by atoms with Crippen molar-refractivity contribution in [1.82, 2.24) is 0 Å². The van der Waals surface area contributed by atoms with E-state index in [0.29, 0.717) is 12.3 Å². The average Bonchev–Trinajstić information content (AvgIpc) is 1.83. The van der Waals surface area contributed by atoms with Gasteiger partial charge in [-0.1, -0.05) is 6.92 Å². The monoisotopic (exact) mass is 178 g/mol. The molecule has 0 fully saturated rings. The SMILES string of the molecule is CCS(C)(=O)=NCC(C)(C)N. The molecule has 2 N–H and O–H groups in total. The van der Waals surface area contributed by atoms with E-state index < -0.39 is 9.73 Å². The van der Waals surface area contributed by atoms with Crippen LogP contribution in [0.3, 0.4) is 0 Å². The summed E-state index contributed by atoms with van der Waals surface area (Å²) >= 11 is 0. The number of hydrogen-bond acceptors (Lipinski definition) is 3. The largest absolute Gasteiger partial charge is 0.324 e. The fourth-order valence-electron chi connectivity index (χ4n) is 0.394. The zero-order chi connectivity index (χ0) is 9.12. The topological polar surface area (TPSA) is 55.5 Å². The number of hydrogen-bond donors (Lipinski definition) is 1. The predicted octanol–water partition coefficient (Wildman–Crippen LogP) is 0.841. The predicted molar refractivity (Wildman–Crippen MR) is 50.2 cm³/mol. The van der Waals surface area contributed by atoms with Crippen molar-refractivity contribution < 1.29 is 4.21 Å². The second-order valence-corrected chi connectivity index (χ2v) is 6.28. The van der Waals surface area contributed by atoms with Gasteiger partial charge in [-0.25, -0.2) is 4.36 Å². The Hall–Kier alpha value is -0.0900. The lowest BCUT2D eigenvalue weighted by Gasteiger charge is -2.15. The van der Waals surface area contributed by atoms with Gasteiger partial charge < -0.3 is 5.73 Å². The van der Waals surface area contributed by atoms with Gasteiger partial charge in [-0.3, -0.25) is 4.21 Å². The molecule has 0 spiro atoms. The van der Waals surface area contributed by atoms with E-state index in [1.165, 1.54) is 0 Å². The molecule has 3 nitrogen and oxygen atoms in total. The molecule has 0 saturated carbocycles. The highest BCUT2D eigenvalue weighted by molar-refractivity contribution is 7.92. The Labute approximate surface area is 69.5 Å². The summed E-state index contributed by atoms with van der Waals surface area (Å²) in [5, 5.41) is 0. The van der Waals surface area contributed by atoms with Gasteiger partial charge in [0.2, 0.25) is 0 Å². The summed E-state index contributed by atoms with van der Waals surface area (Å²) in [4.78, 5) is 0. The van der Waals surface area contributed by atoms with E-state index in [1.807, 2.05) is 20.8 Å². The molecule has 0 radical (unpaired) electrons. The Bertz CT molecular complexity index is 221. The fourth-order valence-corrected chi connectivity index (χ4v) is 1.18. The fraction of sp³-hybridized carbons (Fsp3) is 1.00. The molecule has 0 bridgehead atoms.